The van der Waals surface area contributed by atoms with Gasteiger partial charge in [0.15, 0.2) is 0 Å². The van der Waals surface area contributed by atoms with E-state index in [4.69, 9.17) is 0 Å². The summed E-state index contributed by atoms with van der Waals surface area (Å²) in [6, 6.07) is 2.25. The molecule has 0 fully saturated rings. The lowest BCUT2D eigenvalue weighted by Crippen LogP contribution is -2.44. The minimum absolute atomic E-state index is 0.0132. The lowest BCUT2D eigenvalue weighted by atomic mass is 10.0. The molecule has 2 amide bonds. The molecule has 1 aliphatic rings. The van der Waals surface area contributed by atoms with Gasteiger partial charge in [-0.25, -0.2) is 8.42 Å². The van der Waals surface area contributed by atoms with E-state index in [2.05, 4.69) is 4.72 Å². The Morgan fingerprint density at radius 3 is 2.38 bits per heavy atom. The summed E-state index contributed by atoms with van der Waals surface area (Å²) in [6.07, 6.45) is 0.474. The van der Waals surface area contributed by atoms with E-state index in [-0.39, 0.29) is 16.0 Å². The molecule has 9 heteroatoms. The van der Waals surface area contributed by atoms with Gasteiger partial charge in [0.2, 0.25) is 10.0 Å². The van der Waals surface area contributed by atoms with E-state index < -0.39 is 39.8 Å². The highest BCUT2D eigenvalue weighted by molar-refractivity contribution is 7.89. The Hall–Kier alpha value is -2.26. The van der Waals surface area contributed by atoms with Crippen molar-refractivity contribution in [2.75, 3.05) is 7.05 Å². The van der Waals surface area contributed by atoms with Crippen molar-refractivity contribution in [1.29, 1.82) is 0 Å². The molecule has 1 aromatic carbocycles. The molecule has 0 spiro atoms. The van der Waals surface area contributed by atoms with Crippen molar-refractivity contribution in [2.24, 2.45) is 5.92 Å². The van der Waals surface area contributed by atoms with Crippen molar-refractivity contribution in [3.8, 4) is 0 Å². The van der Waals surface area contributed by atoms with Gasteiger partial charge in [-0.15, -0.1) is 0 Å². The van der Waals surface area contributed by atoms with Crippen LogP contribution in [0.25, 0.3) is 0 Å². The van der Waals surface area contributed by atoms with Crippen molar-refractivity contribution in [3.63, 3.8) is 0 Å². The quantitative estimate of drug-likeness (QED) is 0.725. The van der Waals surface area contributed by atoms with E-state index in [1.54, 1.807) is 13.8 Å². The van der Waals surface area contributed by atoms with Crippen molar-refractivity contribution in [2.45, 2.75) is 31.2 Å². The van der Waals surface area contributed by atoms with Crippen LogP contribution in [0, 0.1) is 5.92 Å². The number of carbonyl (C=O) groups is 3. The number of aliphatic carboxylic acids is 1. The number of sulfonamides is 1. The van der Waals surface area contributed by atoms with Gasteiger partial charge in [-0.2, -0.15) is 4.72 Å². The van der Waals surface area contributed by atoms with Crippen LogP contribution in [0.15, 0.2) is 23.1 Å². The minimum atomic E-state index is -4.15. The van der Waals surface area contributed by atoms with Crippen LogP contribution in [-0.2, 0) is 14.8 Å². The van der Waals surface area contributed by atoms with Crippen LogP contribution in [0.4, 0.5) is 0 Å². The monoisotopic (exact) mass is 354 g/mol. The van der Waals surface area contributed by atoms with Gasteiger partial charge in [-0.05, 0) is 24.1 Å². The van der Waals surface area contributed by atoms with Crippen molar-refractivity contribution < 1.29 is 27.9 Å². The fraction of sp³-hybridized carbons (Fsp3) is 0.400. The van der Waals surface area contributed by atoms with E-state index in [9.17, 15) is 27.9 Å². The molecule has 2 atom stereocenters. The Morgan fingerprint density at radius 2 is 1.83 bits per heavy atom. The largest absolute Gasteiger partial charge is 0.480 e. The molecule has 1 aromatic rings. The molecule has 24 heavy (non-hydrogen) atoms. The van der Waals surface area contributed by atoms with Crippen LogP contribution in [0.3, 0.4) is 0 Å². The second-order valence-electron chi connectivity index (χ2n) is 5.70. The molecule has 1 aliphatic heterocycles. The number of rotatable bonds is 6. The summed E-state index contributed by atoms with van der Waals surface area (Å²) in [6.45, 7) is 3.38. The number of carboxylic acids is 1. The number of carbonyl (C=O) groups excluding carboxylic acids is 2. The molecule has 130 valence electrons. The molecule has 0 radical (unpaired) electrons. The molecule has 2 N–H and O–H groups in total. The maximum absolute atomic E-state index is 12.5. The smallest absolute Gasteiger partial charge is 0.322 e. The number of fused-ring (bicyclic) bond motifs is 1. The number of benzene rings is 1. The van der Waals surface area contributed by atoms with E-state index in [0.29, 0.717) is 6.42 Å². The molecule has 1 heterocycles. The van der Waals surface area contributed by atoms with Gasteiger partial charge in [0.25, 0.3) is 11.8 Å². The lowest BCUT2D eigenvalue weighted by Gasteiger charge is -2.20. The van der Waals surface area contributed by atoms with Gasteiger partial charge in [-0.1, -0.05) is 20.3 Å². The molecule has 8 nitrogen and oxygen atoms in total. The molecular weight excluding hydrogens is 336 g/mol. The predicted molar refractivity (Wildman–Crippen MR) is 84.1 cm³/mol. The molecular formula is C15H18N2O6S. The number of hydrogen-bond donors (Lipinski definition) is 2. The number of imide groups is 1. The first-order chi connectivity index (χ1) is 11.1. The highest BCUT2D eigenvalue weighted by Crippen LogP contribution is 2.25. The zero-order valence-corrected chi connectivity index (χ0v) is 14.3. The van der Waals surface area contributed by atoms with Crippen LogP contribution in [0.5, 0.6) is 0 Å². The standard InChI is InChI=1S/C15H18N2O6S/c1-4-8(2)12(15(20)21)16-24(22,23)9-5-6-10-11(7-9)14(19)17(3)13(10)18/h5-8,12,16H,4H2,1-3H3,(H,20,21)/t8-,12-/m0/s1. The molecule has 2 rings (SSSR count). The van der Waals surface area contributed by atoms with E-state index in [1.165, 1.54) is 19.2 Å². The minimum Gasteiger partial charge on any atom is -0.480 e. The predicted octanol–water partition coefficient (Wildman–Crippen LogP) is 0.690. The van der Waals surface area contributed by atoms with Gasteiger partial charge in [0, 0.05) is 7.05 Å². The first-order valence-electron chi connectivity index (χ1n) is 7.31. The number of nitrogens with one attached hydrogen (secondary N) is 1. The van der Waals surface area contributed by atoms with Crippen LogP contribution >= 0.6 is 0 Å². The topological polar surface area (TPSA) is 121 Å². The van der Waals surface area contributed by atoms with Crippen LogP contribution < -0.4 is 4.72 Å². The number of nitrogens with zero attached hydrogens (tertiary/aromatic N) is 1. The molecule has 0 unspecified atom stereocenters. The zero-order chi connectivity index (χ0) is 18.2. The Bertz CT molecular complexity index is 817. The Morgan fingerprint density at radius 1 is 1.25 bits per heavy atom. The third-order valence-electron chi connectivity index (χ3n) is 4.13. The normalized spacial score (nSPS) is 16.9. The molecule has 0 aliphatic carbocycles. The third kappa shape index (κ3) is 3.04. The zero-order valence-electron chi connectivity index (χ0n) is 13.4. The van der Waals surface area contributed by atoms with Crippen molar-refractivity contribution in [3.05, 3.63) is 29.3 Å². The summed E-state index contributed by atoms with van der Waals surface area (Å²) in [5.41, 5.74) is 0.110. The van der Waals surface area contributed by atoms with Crippen LogP contribution in [0.2, 0.25) is 0 Å². The van der Waals surface area contributed by atoms with Crippen LogP contribution in [0.1, 0.15) is 41.0 Å². The highest BCUT2D eigenvalue weighted by Gasteiger charge is 2.35. The lowest BCUT2D eigenvalue weighted by molar-refractivity contribution is -0.140. The number of hydrogen-bond acceptors (Lipinski definition) is 5. The second kappa shape index (κ2) is 6.33. The van der Waals surface area contributed by atoms with E-state index >= 15 is 0 Å². The number of carboxylic acid groups (broad SMARTS) is 1. The highest BCUT2D eigenvalue weighted by atomic mass is 32.2. The molecule has 0 saturated carbocycles. The second-order valence-corrected chi connectivity index (χ2v) is 7.41. The average molecular weight is 354 g/mol. The summed E-state index contributed by atoms with van der Waals surface area (Å²) >= 11 is 0. The van der Waals surface area contributed by atoms with Crippen LogP contribution in [-0.4, -0.2) is 49.3 Å². The van der Waals surface area contributed by atoms with E-state index in [1.807, 2.05) is 0 Å². The van der Waals surface area contributed by atoms with Gasteiger partial charge in [-0.3, -0.25) is 19.3 Å². The molecule has 0 aromatic heterocycles. The van der Waals surface area contributed by atoms with Gasteiger partial charge >= 0.3 is 5.97 Å². The Kier molecular flexibility index (Phi) is 4.77. The molecule has 0 saturated heterocycles. The van der Waals surface area contributed by atoms with Crippen molar-refractivity contribution >= 4 is 27.8 Å². The summed E-state index contributed by atoms with van der Waals surface area (Å²) < 4.78 is 27.1. The van der Waals surface area contributed by atoms with Gasteiger partial charge < -0.3 is 5.11 Å². The SMILES string of the molecule is CC[C@H](C)[C@H](NS(=O)(=O)c1ccc2c(c1)C(=O)N(C)C2=O)C(=O)O. The fourth-order valence-corrected chi connectivity index (χ4v) is 3.71. The fourth-order valence-electron chi connectivity index (χ4n) is 2.39. The van der Waals surface area contributed by atoms with Gasteiger partial charge in [0.05, 0.1) is 16.0 Å². The Labute approximate surface area is 139 Å². The van der Waals surface area contributed by atoms with E-state index in [0.717, 1.165) is 11.0 Å². The maximum atomic E-state index is 12.5. The Balaban J connectivity index is 2.40. The average Bonchev–Trinajstić information content (AvgIpc) is 2.76. The third-order valence-corrected chi connectivity index (χ3v) is 5.57. The maximum Gasteiger partial charge on any atom is 0.322 e. The molecule has 0 bridgehead atoms. The summed E-state index contributed by atoms with van der Waals surface area (Å²) in [4.78, 5) is 35.7. The van der Waals surface area contributed by atoms with Crippen molar-refractivity contribution in [1.82, 2.24) is 9.62 Å². The summed E-state index contributed by atoms with van der Waals surface area (Å²) in [5, 5.41) is 9.22. The summed E-state index contributed by atoms with van der Waals surface area (Å²) in [5.74, 6) is -2.79. The summed E-state index contributed by atoms with van der Waals surface area (Å²) in [7, 11) is -2.85. The number of amides is 2. The van der Waals surface area contributed by atoms with Gasteiger partial charge in [0.1, 0.15) is 6.04 Å². The first kappa shape index (κ1) is 18.1. The first-order valence-corrected chi connectivity index (χ1v) is 8.80.